The molecule has 0 aromatic heterocycles. The summed E-state index contributed by atoms with van der Waals surface area (Å²) in [6, 6.07) is 7.70. The second-order valence-electron chi connectivity index (χ2n) is 5.01. The smallest absolute Gasteiger partial charge is 0.254 e. The predicted molar refractivity (Wildman–Crippen MR) is 76.3 cm³/mol. The molecule has 1 unspecified atom stereocenters. The number of hydrogen-bond donors (Lipinski definition) is 1. The van der Waals surface area contributed by atoms with Gasteiger partial charge < -0.3 is 9.80 Å². The highest BCUT2D eigenvalue weighted by molar-refractivity contribution is 7.80. The molecule has 0 spiro atoms. The van der Waals surface area contributed by atoms with Crippen molar-refractivity contribution in [3.05, 3.63) is 29.8 Å². The number of carbonyl (C=O) groups is 1. The summed E-state index contributed by atoms with van der Waals surface area (Å²) in [4.78, 5) is 17.6. The molecule has 0 N–H and O–H groups in total. The van der Waals surface area contributed by atoms with Crippen LogP contribution in [0.5, 0.6) is 0 Å². The van der Waals surface area contributed by atoms with E-state index < -0.39 is 0 Å². The van der Waals surface area contributed by atoms with Gasteiger partial charge in [-0.15, -0.1) is 12.6 Å². The minimum atomic E-state index is 0.131. The number of amides is 1. The molecular formula is C14H20N2OS. The van der Waals surface area contributed by atoms with Crippen molar-refractivity contribution >= 4 is 18.5 Å². The van der Waals surface area contributed by atoms with Gasteiger partial charge in [-0.3, -0.25) is 4.79 Å². The Labute approximate surface area is 114 Å². The monoisotopic (exact) mass is 264 g/mol. The van der Waals surface area contributed by atoms with E-state index >= 15 is 0 Å². The van der Waals surface area contributed by atoms with Gasteiger partial charge in [-0.1, -0.05) is 0 Å². The largest absolute Gasteiger partial charge is 0.335 e. The SMILES string of the molecule is CC1CN(C)CCCN1C(=O)c1ccc(S)cc1. The third-order valence-electron chi connectivity index (χ3n) is 3.42. The second-order valence-corrected chi connectivity index (χ2v) is 5.53. The molecule has 0 saturated carbocycles. The number of thiol groups is 1. The molecule has 0 aliphatic carbocycles. The van der Waals surface area contributed by atoms with E-state index in [0.717, 1.165) is 36.5 Å². The van der Waals surface area contributed by atoms with Crippen molar-refractivity contribution in [1.29, 1.82) is 0 Å². The van der Waals surface area contributed by atoms with Crippen molar-refractivity contribution in [2.45, 2.75) is 24.3 Å². The Kier molecular flexibility index (Phi) is 4.30. The molecule has 1 aliphatic heterocycles. The molecule has 1 amide bonds. The summed E-state index contributed by atoms with van der Waals surface area (Å²) < 4.78 is 0. The molecule has 1 fully saturated rings. The van der Waals surface area contributed by atoms with Crippen molar-refractivity contribution in [3.8, 4) is 0 Å². The average Bonchev–Trinajstić information content (AvgIpc) is 2.50. The van der Waals surface area contributed by atoms with E-state index in [0.29, 0.717) is 0 Å². The lowest BCUT2D eigenvalue weighted by atomic mass is 10.1. The Morgan fingerprint density at radius 1 is 1.28 bits per heavy atom. The first-order valence-corrected chi connectivity index (χ1v) is 6.81. The van der Waals surface area contributed by atoms with Crippen LogP contribution in [0.4, 0.5) is 0 Å². The highest BCUT2D eigenvalue weighted by Gasteiger charge is 2.24. The highest BCUT2D eigenvalue weighted by atomic mass is 32.1. The summed E-state index contributed by atoms with van der Waals surface area (Å²) in [5.74, 6) is 0.131. The Balaban J connectivity index is 2.14. The summed E-state index contributed by atoms with van der Waals surface area (Å²) >= 11 is 4.24. The van der Waals surface area contributed by atoms with Gasteiger partial charge in [0.15, 0.2) is 0 Å². The molecule has 3 nitrogen and oxygen atoms in total. The number of nitrogens with zero attached hydrogens (tertiary/aromatic N) is 2. The maximum atomic E-state index is 12.5. The van der Waals surface area contributed by atoms with Crippen LogP contribution in [0.25, 0.3) is 0 Å². The third kappa shape index (κ3) is 3.06. The van der Waals surface area contributed by atoms with E-state index in [9.17, 15) is 4.79 Å². The van der Waals surface area contributed by atoms with Gasteiger partial charge >= 0.3 is 0 Å². The van der Waals surface area contributed by atoms with Crippen LogP contribution >= 0.6 is 12.6 Å². The van der Waals surface area contributed by atoms with Gasteiger partial charge in [0.25, 0.3) is 5.91 Å². The molecule has 1 heterocycles. The van der Waals surface area contributed by atoms with Crippen molar-refractivity contribution in [2.24, 2.45) is 0 Å². The quantitative estimate of drug-likeness (QED) is 0.786. The van der Waals surface area contributed by atoms with Gasteiger partial charge in [0, 0.05) is 29.6 Å². The van der Waals surface area contributed by atoms with E-state index in [1.165, 1.54) is 0 Å². The molecule has 18 heavy (non-hydrogen) atoms. The molecule has 1 saturated heterocycles. The van der Waals surface area contributed by atoms with Gasteiger partial charge in [0.2, 0.25) is 0 Å². The minimum Gasteiger partial charge on any atom is -0.335 e. The van der Waals surface area contributed by atoms with Crippen molar-refractivity contribution in [2.75, 3.05) is 26.7 Å². The zero-order valence-corrected chi connectivity index (χ0v) is 11.9. The predicted octanol–water partition coefficient (Wildman–Crippen LogP) is 2.14. The number of rotatable bonds is 1. The van der Waals surface area contributed by atoms with Crippen LogP contribution in [0.3, 0.4) is 0 Å². The van der Waals surface area contributed by atoms with E-state index in [1.807, 2.05) is 29.2 Å². The summed E-state index contributed by atoms with van der Waals surface area (Å²) in [5.41, 5.74) is 0.754. The lowest BCUT2D eigenvalue weighted by Crippen LogP contribution is -2.41. The van der Waals surface area contributed by atoms with E-state index in [2.05, 4.69) is 31.5 Å². The fraction of sp³-hybridized carbons (Fsp3) is 0.500. The van der Waals surface area contributed by atoms with Crippen LogP contribution in [0.15, 0.2) is 29.2 Å². The zero-order valence-electron chi connectivity index (χ0n) is 11.0. The number of carbonyl (C=O) groups excluding carboxylic acids is 1. The molecule has 0 bridgehead atoms. The fourth-order valence-electron chi connectivity index (χ4n) is 2.44. The number of hydrogen-bond acceptors (Lipinski definition) is 3. The van der Waals surface area contributed by atoms with Crippen LogP contribution in [-0.2, 0) is 0 Å². The van der Waals surface area contributed by atoms with Crippen LogP contribution in [0, 0.1) is 0 Å². The van der Waals surface area contributed by atoms with Gasteiger partial charge in [-0.05, 0) is 51.2 Å². The van der Waals surface area contributed by atoms with Gasteiger partial charge in [-0.2, -0.15) is 0 Å². The molecule has 1 aliphatic rings. The first kappa shape index (κ1) is 13.4. The molecule has 0 radical (unpaired) electrons. The third-order valence-corrected chi connectivity index (χ3v) is 3.72. The van der Waals surface area contributed by atoms with Crippen LogP contribution in [0.2, 0.25) is 0 Å². The van der Waals surface area contributed by atoms with Crippen LogP contribution in [-0.4, -0.2) is 48.4 Å². The number of likely N-dealkylation sites (N-methyl/N-ethyl adjacent to an activating group) is 1. The summed E-state index contributed by atoms with van der Waals surface area (Å²) in [5, 5.41) is 0. The number of benzene rings is 1. The highest BCUT2D eigenvalue weighted by Crippen LogP contribution is 2.15. The minimum absolute atomic E-state index is 0.131. The second kappa shape index (κ2) is 5.76. The van der Waals surface area contributed by atoms with Crippen molar-refractivity contribution < 1.29 is 4.79 Å². The lowest BCUT2D eigenvalue weighted by molar-refractivity contribution is 0.0696. The summed E-state index contributed by atoms with van der Waals surface area (Å²) in [7, 11) is 2.11. The summed E-state index contributed by atoms with van der Waals surface area (Å²) in [6.45, 7) is 4.96. The van der Waals surface area contributed by atoms with Gasteiger partial charge in [0.05, 0.1) is 0 Å². The maximum Gasteiger partial charge on any atom is 0.254 e. The Bertz CT molecular complexity index is 418. The van der Waals surface area contributed by atoms with Crippen molar-refractivity contribution in [1.82, 2.24) is 9.80 Å². The fourth-order valence-corrected chi connectivity index (χ4v) is 2.59. The molecule has 1 aromatic carbocycles. The zero-order chi connectivity index (χ0) is 13.1. The first-order chi connectivity index (χ1) is 8.58. The van der Waals surface area contributed by atoms with E-state index in [4.69, 9.17) is 0 Å². The van der Waals surface area contributed by atoms with Crippen molar-refractivity contribution in [3.63, 3.8) is 0 Å². The molecule has 1 atom stereocenters. The molecule has 4 heteroatoms. The molecular weight excluding hydrogens is 244 g/mol. The summed E-state index contributed by atoms with van der Waals surface area (Å²) in [6.07, 6.45) is 1.04. The van der Waals surface area contributed by atoms with E-state index in [-0.39, 0.29) is 11.9 Å². The lowest BCUT2D eigenvalue weighted by Gasteiger charge is -2.28. The Hall–Kier alpha value is -1.00. The van der Waals surface area contributed by atoms with Crippen LogP contribution in [0.1, 0.15) is 23.7 Å². The Morgan fingerprint density at radius 3 is 2.61 bits per heavy atom. The molecule has 1 aromatic rings. The molecule has 98 valence electrons. The van der Waals surface area contributed by atoms with Crippen LogP contribution < -0.4 is 0 Å². The standard InChI is InChI=1S/C14H20N2OS/c1-11-10-15(2)8-3-9-16(11)14(17)12-4-6-13(18)7-5-12/h4-7,11,18H,3,8-10H2,1-2H3. The average molecular weight is 264 g/mol. The topological polar surface area (TPSA) is 23.6 Å². The maximum absolute atomic E-state index is 12.5. The van der Waals surface area contributed by atoms with E-state index in [1.54, 1.807) is 0 Å². The molecule has 2 rings (SSSR count). The Morgan fingerprint density at radius 2 is 1.94 bits per heavy atom. The van der Waals surface area contributed by atoms with Gasteiger partial charge in [-0.25, -0.2) is 0 Å². The normalized spacial score (nSPS) is 21.7. The first-order valence-electron chi connectivity index (χ1n) is 6.36. The van der Waals surface area contributed by atoms with Gasteiger partial charge in [0.1, 0.15) is 0 Å².